The number of aryl methyl sites for hydroxylation is 1. The zero-order chi connectivity index (χ0) is 21.4. The predicted molar refractivity (Wildman–Crippen MR) is 119 cm³/mol. The van der Waals surface area contributed by atoms with E-state index >= 15 is 0 Å². The topological polar surface area (TPSA) is 64.4 Å². The highest BCUT2D eigenvalue weighted by Gasteiger charge is 2.24. The fourth-order valence-electron chi connectivity index (χ4n) is 4.89. The van der Waals surface area contributed by atoms with Gasteiger partial charge in [-0.15, -0.1) is 0 Å². The Balaban J connectivity index is 1.48. The largest absolute Gasteiger partial charge is 0.378 e. The molecule has 2 aromatic heterocycles. The monoisotopic (exact) mass is 417 g/mol. The Kier molecular flexibility index (Phi) is 5.32. The molecule has 6 heteroatoms. The molecule has 0 bridgehead atoms. The average molecular weight is 418 g/mol. The Morgan fingerprint density at radius 1 is 1.16 bits per heavy atom. The van der Waals surface area contributed by atoms with Crippen molar-refractivity contribution in [3.63, 3.8) is 0 Å². The van der Waals surface area contributed by atoms with Crippen LogP contribution in [0.2, 0.25) is 0 Å². The van der Waals surface area contributed by atoms with Crippen LogP contribution in [-0.2, 0) is 30.5 Å². The van der Waals surface area contributed by atoms with Crippen LogP contribution in [0.5, 0.6) is 0 Å². The maximum absolute atomic E-state index is 13.3. The van der Waals surface area contributed by atoms with E-state index in [1.807, 2.05) is 23.8 Å². The average Bonchev–Trinajstić information content (AvgIpc) is 3.22. The van der Waals surface area contributed by atoms with Gasteiger partial charge in [-0.2, -0.15) is 0 Å². The number of aromatic nitrogens is 2. The highest BCUT2D eigenvalue weighted by atomic mass is 16.5. The second kappa shape index (κ2) is 8.27. The summed E-state index contributed by atoms with van der Waals surface area (Å²) in [7, 11) is 0. The minimum Gasteiger partial charge on any atom is -0.378 e. The Labute approximate surface area is 181 Å². The summed E-state index contributed by atoms with van der Waals surface area (Å²) < 4.78 is 7.25. The van der Waals surface area contributed by atoms with E-state index in [0.717, 1.165) is 24.8 Å². The van der Waals surface area contributed by atoms with Gasteiger partial charge in [-0.05, 0) is 54.9 Å². The molecule has 31 heavy (non-hydrogen) atoms. The molecule has 0 spiro atoms. The molecule has 1 amide bonds. The maximum atomic E-state index is 13.3. The minimum absolute atomic E-state index is 0.214. The molecule has 2 aliphatic rings. The van der Waals surface area contributed by atoms with Gasteiger partial charge in [-0.3, -0.25) is 9.59 Å². The molecule has 3 aromatic rings. The third-order valence-electron chi connectivity index (χ3n) is 6.50. The third kappa shape index (κ3) is 3.76. The molecule has 1 saturated heterocycles. The molecule has 1 aromatic carbocycles. The number of morpholine rings is 1. The molecule has 1 aliphatic carbocycles. The lowest BCUT2D eigenvalue weighted by molar-refractivity contribution is 0.0301. The Morgan fingerprint density at radius 3 is 2.55 bits per heavy atom. The van der Waals surface area contributed by atoms with Crippen LogP contribution < -0.4 is 5.43 Å². The number of hydrogen-bond acceptors (Lipinski definition) is 4. The lowest BCUT2D eigenvalue weighted by atomic mass is 9.97. The van der Waals surface area contributed by atoms with Crippen molar-refractivity contribution in [3.8, 4) is 0 Å². The number of hydrogen-bond donors (Lipinski definition) is 0. The summed E-state index contributed by atoms with van der Waals surface area (Å²) in [5, 5.41) is 0.536. The number of benzene rings is 1. The number of carbonyl (C=O) groups excluding carboxylic acids is 1. The van der Waals surface area contributed by atoms with Gasteiger partial charge in [0, 0.05) is 32.0 Å². The molecule has 0 N–H and O–H groups in total. The zero-order valence-electron chi connectivity index (χ0n) is 17.8. The normalized spacial score (nSPS) is 16.6. The first-order valence-electron chi connectivity index (χ1n) is 11.1. The van der Waals surface area contributed by atoms with Crippen molar-refractivity contribution >= 4 is 16.9 Å². The Hall–Kier alpha value is -2.99. The Morgan fingerprint density at radius 2 is 1.87 bits per heavy atom. The van der Waals surface area contributed by atoms with Crippen molar-refractivity contribution in [2.24, 2.45) is 5.92 Å². The van der Waals surface area contributed by atoms with Gasteiger partial charge < -0.3 is 14.2 Å². The van der Waals surface area contributed by atoms with Gasteiger partial charge in [0.05, 0.1) is 18.6 Å². The van der Waals surface area contributed by atoms with Crippen LogP contribution in [0, 0.1) is 5.92 Å². The van der Waals surface area contributed by atoms with E-state index in [2.05, 4.69) is 29.2 Å². The van der Waals surface area contributed by atoms with E-state index < -0.39 is 0 Å². The van der Waals surface area contributed by atoms with Crippen LogP contribution in [0.4, 0.5) is 0 Å². The number of rotatable bonds is 4. The van der Waals surface area contributed by atoms with Crippen molar-refractivity contribution in [1.29, 1.82) is 0 Å². The zero-order valence-corrected chi connectivity index (χ0v) is 17.8. The van der Waals surface area contributed by atoms with Gasteiger partial charge in [-0.1, -0.05) is 24.3 Å². The fourth-order valence-corrected chi connectivity index (χ4v) is 4.89. The quantitative estimate of drug-likeness (QED) is 0.655. The molecule has 1 aliphatic heterocycles. The van der Waals surface area contributed by atoms with Crippen molar-refractivity contribution in [2.45, 2.75) is 32.7 Å². The molecule has 0 atom stereocenters. The van der Waals surface area contributed by atoms with E-state index in [1.54, 1.807) is 11.1 Å². The number of carbonyl (C=O) groups is 1. The van der Waals surface area contributed by atoms with Crippen LogP contribution in [-0.4, -0.2) is 46.7 Å². The molecule has 3 heterocycles. The van der Waals surface area contributed by atoms with Crippen LogP contribution in [0.15, 0.2) is 47.5 Å². The first kappa shape index (κ1) is 19.9. The van der Waals surface area contributed by atoms with Crippen molar-refractivity contribution in [3.05, 3.63) is 75.2 Å². The SMILES string of the molecule is CCn1cc(C(=O)N2CCOCC2)c(=O)c2cc(CC3Cc4ccccc4C3)cnc21. The summed E-state index contributed by atoms with van der Waals surface area (Å²) in [6.07, 6.45) is 6.56. The molecule has 1 fully saturated rings. The summed E-state index contributed by atoms with van der Waals surface area (Å²) in [6, 6.07) is 10.6. The minimum atomic E-state index is -0.222. The summed E-state index contributed by atoms with van der Waals surface area (Å²) in [4.78, 5) is 32.7. The number of ether oxygens (including phenoxy) is 1. The molecule has 0 unspecified atom stereocenters. The van der Waals surface area contributed by atoms with Crippen molar-refractivity contribution in [2.75, 3.05) is 26.3 Å². The van der Waals surface area contributed by atoms with E-state index in [4.69, 9.17) is 4.74 Å². The van der Waals surface area contributed by atoms with Gasteiger partial charge in [-0.25, -0.2) is 4.98 Å². The summed E-state index contributed by atoms with van der Waals surface area (Å²) >= 11 is 0. The highest BCUT2D eigenvalue weighted by molar-refractivity contribution is 5.97. The summed E-state index contributed by atoms with van der Waals surface area (Å²) in [5.41, 5.74) is 4.55. The summed E-state index contributed by atoms with van der Waals surface area (Å²) in [6.45, 7) is 4.70. The molecule has 160 valence electrons. The first-order chi connectivity index (χ1) is 15.1. The Bertz CT molecular complexity index is 1170. The number of fused-ring (bicyclic) bond motifs is 2. The van der Waals surface area contributed by atoms with Gasteiger partial charge in [0.2, 0.25) is 5.43 Å². The van der Waals surface area contributed by atoms with E-state index in [1.165, 1.54) is 11.1 Å². The van der Waals surface area contributed by atoms with Crippen molar-refractivity contribution < 1.29 is 9.53 Å². The molecular weight excluding hydrogens is 390 g/mol. The maximum Gasteiger partial charge on any atom is 0.259 e. The standard InChI is InChI=1S/C25H27N3O3/c1-2-27-16-22(25(30)28-7-9-31-10-8-28)23(29)21-14-18(15-26-24(21)27)11-17-12-19-5-3-4-6-20(19)13-17/h3-6,14-17H,2,7-13H2,1H3. The lowest BCUT2D eigenvalue weighted by Crippen LogP contribution is -2.42. The van der Waals surface area contributed by atoms with E-state index in [0.29, 0.717) is 49.8 Å². The van der Waals surface area contributed by atoms with Crippen LogP contribution in [0.25, 0.3) is 11.0 Å². The van der Waals surface area contributed by atoms with E-state index in [9.17, 15) is 9.59 Å². The smallest absolute Gasteiger partial charge is 0.259 e. The molecule has 0 radical (unpaired) electrons. The third-order valence-corrected chi connectivity index (χ3v) is 6.50. The van der Waals surface area contributed by atoms with Crippen LogP contribution >= 0.6 is 0 Å². The molecule has 6 nitrogen and oxygen atoms in total. The van der Waals surface area contributed by atoms with Gasteiger partial charge in [0.25, 0.3) is 5.91 Å². The number of nitrogens with zero attached hydrogens (tertiary/aromatic N) is 3. The molecule has 5 rings (SSSR count). The van der Waals surface area contributed by atoms with Gasteiger partial charge in [0.15, 0.2) is 0 Å². The highest BCUT2D eigenvalue weighted by Crippen LogP contribution is 2.29. The van der Waals surface area contributed by atoms with Gasteiger partial charge in [0.1, 0.15) is 11.2 Å². The fraction of sp³-hybridized carbons (Fsp3) is 0.400. The van der Waals surface area contributed by atoms with E-state index in [-0.39, 0.29) is 16.9 Å². The van der Waals surface area contributed by atoms with Crippen LogP contribution in [0.3, 0.4) is 0 Å². The number of amides is 1. The van der Waals surface area contributed by atoms with Crippen LogP contribution in [0.1, 0.15) is 34.0 Å². The lowest BCUT2D eigenvalue weighted by Gasteiger charge is -2.27. The first-order valence-corrected chi connectivity index (χ1v) is 11.1. The summed E-state index contributed by atoms with van der Waals surface area (Å²) in [5.74, 6) is 0.303. The molecular formula is C25H27N3O3. The second-order valence-corrected chi connectivity index (χ2v) is 8.52. The molecule has 0 saturated carbocycles. The number of pyridine rings is 2. The van der Waals surface area contributed by atoms with Crippen molar-refractivity contribution in [1.82, 2.24) is 14.5 Å². The predicted octanol–water partition coefficient (Wildman–Crippen LogP) is 2.85. The second-order valence-electron chi connectivity index (χ2n) is 8.52. The van der Waals surface area contributed by atoms with Gasteiger partial charge >= 0.3 is 0 Å².